The number of methoxy groups -OCH3 is 1. The number of hydrogen-bond acceptors (Lipinski definition) is 7. The van der Waals surface area contributed by atoms with E-state index in [9.17, 15) is 9.59 Å². The minimum atomic E-state index is -0.409. The van der Waals surface area contributed by atoms with Gasteiger partial charge in [-0.1, -0.05) is 0 Å². The lowest BCUT2D eigenvalue weighted by atomic mass is 10.1. The molecular formula is C23H33N5O4. The maximum absolute atomic E-state index is 13.3. The molecule has 0 spiro atoms. The van der Waals surface area contributed by atoms with Gasteiger partial charge in [-0.25, -0.2) is 9.78 Å². The number of rotatable bonds is 6. The third kappa shape index (κ3) is 4.57. The molecule has 2 atom stereocenters. The van der Waals surface area contributed by atoms with Gasteiger partial charge >= 0.3 is 6.09 Å². The van der Waals surface area contributed by atoms with E-state index in [0.717, 1.165) is 16.8 Å². The highest BCUT2D eigenvalue weighted by Gasteiger charge is 2.37. The third-order valence-electron chi connectivity index (χ3n) is 5.85. The van der Waals surface area contributed by atoms with Gasteiger partial charge in [0.2, 0.25) is 0 Å². The molecule has 0 saturated carbocycles. The molecule has 9 nitrogen and oxygen atoms in total. The first kappa shape index (κ1) is 23.6. The molecule has 3 rings (SSSR count). The minimum Gasteiger partial charge on any atom is -0.453 e. The van der Waals surface area contributed by atoms with E-state index in [1.807, 2.05) is 51.9 Å². The van der Waals surface area contributed by atoms with Crippen LogP contribution in [0.5, 0.6) is 0 Å². The van der Waals surface area contributed by atoms with Crippen LogP contribution in [0.1, 0.15) is 18.2 Å². The molecular weight excluding hydrogens is 410 g/mol. The van der Waals surface area contributed by atoms with Crippen LogP contribution in [-0.4, -0.2) is 73.6 Å². The Morgan fingerprint density at radius 3 is 2.59 bits per heavy atom. The largest absolute Gasteiger partial charge is 0.453 e. The lowest BCUT2D eigenvalue weighted by Crippen LogP contribution is -2.38. The summed E-state index contributed by atoms with van der Waals surface area (Å²) in [6.07, 6.45) is -0.655. The van der Waals surface area contributed by atoms with Gasteiger partial charge in [0.05, 0.1) is 31.5 Å². The normalized spacial score (nSPS) is 18.0. The Hall–Kier alpha value is -3.07. The SMILES string of the molecule is CCOC1CN(C(=O)OC)CC1Nc1c(C)nc(-c2ccc(N(C)C)cc2C)n(C)c1=O. The monoisotopic (exact) mass is 443 g/mol. The first-order valence-electron chi connectivity index (χ1n) is 10.7. The number of nitrogens with zero attached hydrogens (tertiary/aromatic N) is 4. The zero-order valence-electron chi connectivity index (χ0n) is 19.9. The van der Waals surface area contributed by atoms with Crippen molar-refractivity contribution < 1.29 is 14.3 Å². The van der Waals surface area contributed by atoms with Crippen LogP contribution in [0.15, 0.2) is 23.0 Å². The Morgan fingerprint density at radius 2 is 2.00 bits per heavy atom. The van der Waals surface area contributed by atoms with Crippen molar-refractivity contribution in [3.05, 3.63) is 39.8 Å². The number of ether oxygens (including phenoxy) is 2. The molecule has 1 amide bonds. The first-order chi connectivity index (χ1) is 15.2. The number of carbonyl (C=O) groups is 1. The molecule has 2 unspecified atom stereocenters. The highest BCUT2D eigenvalue weighted by atomic mass is 16.5. The number of aryl methyl sites for hydroxylation is 2. The summed E-state index contributed by atoms with van der Waals surface area (Å²) in [5.74, 6) is 0.616. The maximum atomic E-state index is 13.3. The van der Waals surface area contributed by atoms with Gasteiger partial charge in [0.1, 0.15) is 11.5 Å². The number of amides is 1. The lowest BCUT2D eigenvalue weighted by Gasteiger charge is -2.22. The van der Waals surface area contributed by atoms with Crippen molar-refractivity contribution in [1.29, 1.82) is 0 Å². The Morgan fingerprint density at radius 1 is 1.28 bits per heavy atom. The number of nitrogens with one attached hydrogen (secondary N) is 1. The molecule has 0 bridgehead atoms. The molecule has 1 aromatic carbocycles. The number of likely N-dealkylation sites (tertiary alicyclic amines) is 1. The Labute approximate surface area is 188 Å². The van der Waals surface area contributed by atoms with Crippen molar-refractivity contribution in [3.8, 4) is 11.4 Å². The zero-order valence-corrected chi connectivity index (χ0v) is 19.9. The van der Waals surface area contributed by atoms with Crippen LogP contribution in [-0.2, 0) is 16.5 Å². The zero-order chi connectivity index (χ0) is 23.6. The molecule has 9 heteroatoms. The molecule has 32 heavy (non-hydrogen) atoms. The van der Waals surface area contributed by atoms with Crippen LogP contribution in [0, 0.1) is 13.8 Å². The standard InChI is InChI=1S/C23H33N5O4/c1-8-32-19-13-28(23(30)31-7)12-18(19)25-20-15(3)24-21(27(6)22(20)29)17-10-9-16(26(4)5)11-14(17)2/h9-11,18-19,25H,8,12-13H2,1-7H3. The number of carbonyl (C=O) groups excluding carboxylic acids is 1. The summed E-state index contributed by atoms with van der Waals surface area (Å²) in [7, 11) is 7.07. The van der Waals surface area contributed by atoms with E-state index in [1.165, 1.54) is 7.11 Å². The van der Waals surface area contributed by atoms with E-state index >= 15 is 0 Å². The van der Waals surface area contributed by atoms with Crippen LogP contribution in [0.2, 0.25) is 0 Å². The molecule has 1 aromatic heterocycles. The van der Waals surface area contributed by atoms with E-state index in [1.54, 1.807) is 16.5 Å². The highest BCUT2D eigenvalue weighted by Crippen LogP contribution is 2.26. The summed E-state index contributed by atoms with van der Waals surface area (Å²) in [6, 6.07) is 5.85. The second-order valence-electron chi connectivity index (χ2n) is 8.27. The molecule has 0 aliphatic carbocycles. The van der Waals surface area contributed by atoms with Crippen molar-refractivity contribution in [2.75, 3.05) is 51.1 Å². The topological polar surface area (TPSA) is 88.9 Å². The van der Waals surface area contributed by atoms with Crippen molar-refractivity contribution in [2.24, 2.45) is 7.05 Å². The minimum absolute atomic E-state index is 0.171. The molecule has 1 aliphatic heterocycles. The summed E-state index contributed by atoms with van der Waals surface area (Å²) in [4.78, 5) is 33.7. The summed E-state index contributed by atoms with van der Waals surface area (Å²) in [5.41, 5.74) is 3.89. The van der Waals surface area contributed by atoms with Crippen LogP contribution in [0.25, 0.3) is 11.4 Å². The fourth-order valence-electron chi connectivity index (χ4n) is 4.05. The summed E-state index contributed by atoms with van der Waals surface area (Å²) in [6.45, 7) is 7.03. The van der Waals surface area contributed by atoms with E-state index < -0.39 is 6.09 Å². The molecule has 1 aliphatic rings. The van der Waals surface area contributed by atoms with Gasteiger partial charge in [0, 0.05) is 45.5 Å². The van der Waals surface area contributed by atoms with E-state index in [-0.39, 0.29) is 17.7 Å². The Kier molecular flexibility index (Phi) is 7.08. The quantitative estimate of drug-likeness (QED) is 0.733. The maximum Gasteiger partial charge on any atom is 0.409 e. The predicted octanol–water partition coefficient (Wildman–Crippen LogP) is 2.40. The molecule has 2 aromatic rings. The highest BCUT2D eigenvalue weighted by molar-refractivity contribution is 5.69. The summed E-state index contributed by atoms with van der Waals surface area (Å²) >= 11 is 0. The van der Waals surface area contributed by atoms with Crippen LogP contribution < -0.4 is 15.8 Å². The van der Waals surface area contributed by atoms with Gasteiger partial charge in [-0.15, -0.1) is 0 Å². The average molecular weight is 444 g/mol. The fourth-order valence-corrected chi connectivity index (χ4v) is 4.05. The van der Waals surface area contributed by atoms with E-state index in [4.69, 9.17) is 14.5 Å². The predicted molar refractivity (Wildman–Crippen MR) is 126 cm³/mol. The van der Waals surface area contributed by atoms with Crippen molar-refractivity contribution in [2.45, 2.75) is 32.9 Å². The molecule has 1 saturated heterocycles. The summed E-state index contributed by atoms with van der Waals surface area (Å²) in [5, 5.41) is 3.30. The lowest BCUT2D eigenvalue weighted by molar-refractivity contribution is 0.0614. The van der Waals surface area contributed by atoms with Gasteiger partial charge in [0.25, 0.3) is 5.56 Å². The van der Waals surface area contributed by atoms with Crippen LogP contribution in [0.4, 0.5) is 16.2 Å². The van der Waals surface area contributed by atoms with Gasteiger partial charge in [-0.2, -0.15) is 0 Å². The van der Waals surface area contributed by atoms with Crippen LogP contribution in [0.3, 0.4) is 0 Å². The van der Waals surface area contributed by atoms with Gasteiger partial charge in [-0.3, -0.25) is 9.36 Å². The molecule has 174 valence electrons. The van der Waals surface area contributed by atoms with E-state index in [2.05, 4.69) is 11.4 Å². The van der Waals surface area contributed by atoms with Crippen LogP contribution >= 0.6 is 0 Å². The number of aromatic nitrogens is 2. The van der Waals surface area contributed by atoms with E-state index in [0.29, 0.717) is 36.9 Å². The molecule has 1 fully saturated rings. The molecule has 1 N–H and O–H groups in total. The smallest absolute Gasteiger partial charge is 0.409 e. The Bertz CT molecular complexity index is 1050. The average Bonchev–Trinajstić information content (AvgIpc) is 3.16. The number of anilines is 2. The second-order valence-corrected chi connectivity index (χ2v) is 8.27. The first-order valence-corrected chi connectivity index (χ1v) is 10.7. The van der Waals surface area contributed by atoms with Gasteiger partial charge in [0.15, 0.2) is 0 Å². The van der Waals surface area contributed by atoms with Crippen molar-refractivity contribution >= 4 is 17.5 Å². The number of benzene rings is 1. The van der Waals surface area contributed by atoms with Gasteiger partial charge < -0.3 is 24.6 Å². The van der Waals surface area contributed by atoms with Crippen molar-refractivity contribution in [3.63, 3.8) is 0 Å². The van der Waals surface area contributed by atoms with Crippen molar-refractivity contribution in [1.82, 2.24) is 14.5 Å². The molecule has 0 radical (unpaired) electrons. The Balaban J connectivity index is 1.94. The van der Waals surface area contributed by atoms with Gasteiger partial charge in [-0.05, 0) is 44.5 Å². The molecule has 2 heterocycles. The number of hydrogen-bond donors (Lipinski definition) is 1. The summed E-state index contributed by atoms with van der Waals surface area (Å²) < 4.78 is 12.2. The second kappa shape index (κ2) is 9.60. The third-order valence-corrected chi connectivity index (χ3v) is 5.85. The fraction of sp³-hybridized carbons (Fsp3) is 0.522.